The Kier molecular flexibility index (Phi) is 3.36. The van der Waals surface area contributed by atoms with Gasteiger partial charge in [0, 0.05) is 37.8 Å². The zero-order chi connectivity index (χ0) is 8.58. The average Bonchev–Trinajstić information content (AvgIpc) is 1.62. The minimum absolute atomic E-state index is 0.118. The van der Waals surface area contributed by atoms with E-state index in [4.69, 9.17) is 5.73 Å². The molecule has 0 spiro atoms. The maximum atomic E-state index is 5.91. The monoisotopic (exact) mass is 272 g/mol. The molecule has 0 amide bonds. The summed E-state index contributed by atoms with van der Waals surface area (Å²) >= 11 is 6.60. The minimum Gasteiger partial charge on any atom is -0.324 e. The van der Waals surface area contributed by atoms with Crippen molar-refractivity contribution in [3.63, 3.8) is 0 Å². The van der Waals surface area contributed by atoms with Gasteiger partial charge in [0.1, 0.15) is 0 Å². The lowest BCUT2D eigenvalue weighted by Crippen LogP contribution is -2.57. The third-order valence-electron chi connectivity index (χ3n) is 2.00. The van der Waals surface area contributed by atoms with Crippen LogP contribution in [0.25, 0.3) is 0 Å². The van der Waals surface area contributed by atoms with Crippen molar-refractivity contribution in [2.24, 2.45) is 5.73 Å². The van der Waals surface area contributed by atoms with Gasteiger partial charge < -0.3 is 5.73 Å². The third kappa shape index (κ3) is 2.19. The van der Waals surface area contributed by atoms with E-state index in [-0.39, 0.29) is 11.1 Å². The first-order chi connectivity index (χ1) is 4.19. The van der Waals surface area contributed by atoms with Gasteiger partial charge in [0.25, 0.3) is 0 Å². The van der Waals surface area contributed by atoms with Crippen LogP contribution in [0.5, 0.6) is 0 Å². The summed E-state index contributed by atoms with van der Waals surface area (Å²) < 4.78 is 1.77. The van der Waals surface area contributed by atoms with Gasteiger partial charge in [-0.25, -0.2) is 0 Å². The predicted molar refractivity (Wildman–Crippen MR) is 52.0 cm³/mol. The predicted octanol–water partition coefficient (Wildman–Crippen LogP) is 2.42. The summed E-state index contributed by atoms with van der Waals surface area (Å²) in [6, 6.07) is 0. The van der Waals surface area contributed by atoms with Gasteiger partial charge in [0.05, 0.1) is 5.54 Å². The van der Waals surface area contributed by atoms with Gasteiger partial charge in [-0.1, -0.05) is 0 Å². The molecule has 0 bridgehead atoms. The third-order valence-corrected chi connectivity index (χ3v) is 3.77. The highest BCUT2D eigenvalue weighted by Gasteiger charge is 2.37. The smallest absolute Gasteiger partial charge is 0.0549 e. The SMILES string of the molecule is CC(C)(N)C(C)(C)N(Br)Br. The molecular formula is C6H14Br2N2. The number of hydrogen-bond acceptors (Lipinski definition) is 2. The minimum atomic E-state index is -0.250. The van der Waals surface area contributed by atoms with E-state index in [1.54, 1.807) is 2.95 Å². The summed E-state index contributed by atoms with van der Waals surface area (Å²) in [5, 5.41) is 0. The largest absolute Gasteiger partial charge is 0.324 e. The molecule has 0 aromatic heterocycles. The Morgan fingerprint density at radius 3 is 1.40 bits per heavy atom. The summed E-state index contributed by atoms with van der Waals surface area (Å²) in [5.74, 6) is 0. The normalized spacial score (nSPS) is 14.4. The fourth-order valence-electron chi connectivity index (χ4n) is 0.218. The highest BCUT2D eigenvalue weighted by atomic mass is 79.9. The molecule has 0 aliphatic carbocycles. The van der Waals surface area contributed by atoms with Crippen molar-refractivity contribution >= 4 is 32.3 Å². The van der Waals surface area contributed by atoms with Crippen molar-refractivity contribution in [2.45, 2.75) is 38.8 Å². The lowest BCUT2D eigenvalue weighted by Gasteiger charge is -2.40. The number of rotatable bonds is 2. The fourth-order valence-corrected chi connectivity index (χ4v) is 1.13. The van der Waals surface area contributed by atoms with Crippen LogP contribution in [0.1, 0.15) is 27.7 Å². The topological polar surface area (TPSA) is 29.3 Å². The Balaban J connectivity index is 4.40. The van der Waals surface area contributed by atoms with E-state index in [1.165, 1.54) is 0 Å². The van der Waals surface area contributed by atoms with Gasteiger partial charge in [0.15, 0.2) is 0 Å². The van der Waals surface area contributed by atoms with E-state index in [2.05, 4.69) is 46.1 Å². The van der Waals surface area contributed by atoms with Crippen molar-refractivity contribution < 1.29 is 0 Å². The number of halogens is 2. The van der Waals surface area contributed by atoms with E-state index >= 15 is 0 Å². The first kappa shape index (κ1) is 10.9. The van der Waals surface area contributed by atoms with Gasteiger partial charge in [-0.2, -0.15) is 2.95 Å². The first-order valence-corrected chi connectivity index (χ1v) is 4.52. The molecule has 0 unspecified atom stereocenters. The molecule has 0 aliphatic rings. The maximum absolute atomic E-state index is 5.91. The van der Waals surface area contributed by atoms with Gasteiger partial charge in [0.2, 0.25) is 0 Å². The second-order valence-corrected chi connectivity index (χ2v) is 5.88. The Morgan fingerprint density at radius 1 is 1.10 bits per heavy atom. The van der Waals surface area contributed by atoms with Crippen LogP contribution in [-0.4, -0.2) is 14.0 Å². The fraction of sp³-hybridized carbons (Fsp3) is 1.00. The first-order valence-electron chi connectivity index (χ1n) is 3.10. The molecule has 0 atom stereocenters. The van der Waals surface area contributed by atoms with Crippen LogP contribution in [0.4, 0.5) is 0 Å². The van der Waals surface area contributed by atoms with Crippen LogP contribution in [0.15, 0.2) is 0 Å². The van der Waals surface area contributed by atoms with Crippen LogP contribution in [-0.2, 0) is 0 Å². The molecule has 0 radical (unpaired) electrons. The van der Waals surface area contributed by atoms with Gasteiger partial charge in [-0.3, -0.25) is 0 Å². The van der Waals surface area contributed by atoms with Crippen LogP contribution >= 0.6 is 32.3 Å². The number of nitrogens with two attached hydrogens (primary N) is 1. The summed E-state index contributed by atoms with van der Waals surface area (Å²) in [7, 11) is 0. The zero-order valence-electron chi connectivity index (χ0n) is 6.78. The molecule has 62 valence electrons. The summed E-state index contributed by atoms with van der Waals surface area (Å²) in [4.78, 5) is 0. The molecule has 4 heteroatoms. The summed E-state index contributed by atoms with van der Waals surface area (Å²) in [5.41, 5.74) is 5.54. The molecule has 0 saturated heterocycles. The molecule has 0 heterocycles. The molecule has 0 aliphatic heterocycles. The van der Waals surface area contributed by atoms with Crippen molar-refractivity contribution in [3.8, 4) is 0 Å². The molecule has 0 aromatic rings. The van der Waals surface area contributed by atoms with Crippen LogP contribution in [0, 0.1) is 0 Å². The molecule has 2 N–H and O–H groups in total. The van der Waals surface area contributed by atoms with Crippen LogP contribution in [0.2, 0.25) is 0 Å². The van der Waals surface area contributed by atoms with E-state index < -0.39 is 0 Å². The molecule has 0 rings (SSSR count). The molecule has 10 heavy (non-hydrogen) atoms. The van der Waals surface area contributed by atoms with E-state index in [9.17, 15) is 0 Å². The summed E-state index contributed by atoms with van der Waals surface area (Å²) in [6.07, 6.45) is 0. The molecule has 0 fully saturated rings. The highest BCUT2D eigenvalue weighted by molar-refractivity contribution is 9.21. The molecule has 0 saturated carbocycles. The Morgan fingerprint density at radius 2 is 1.40 bits per heavy atom. The molecule has 2 nitrogen and oxygen atoms in total. The second-order valence-electron chi connectivity index (χ2n) is 3.51. The number of nitrogens with zero attached hydrogens (tertiary/aromatic N) is 1. The summed E-state index contributed by atoms with van der Waals surface area (Å²) in [6.45, 7) is 8.08. The van der Waals surface area contributed by atoms with E-state index in [0.29, 0.717) is 0 Å². The van der Waals surface area contributed by atoms with Crippen molar-refractivity contribution in [2.75, 3.05) is 0 Å². The Labute approximate surface area is 79.8 Å². The van der Waals surface area contributed by atoms with Crippen molar-refractivity contribution in [1.82, 2.24) is 2.95 Å². The van der Waals surface area contributed by atoms with E-state index in [1.807, 2.05) is 13.8 Å². The molecular weight excluding hydrogens is 260 g/mol. The highest BCUT2D eigenvalue weighted by Crippen LogP contribution is 2.31. The van der Waals surface area contributed by atoms with Crippen molar-refractivity contribution in [1.29, 1.82) is 0 Å². The lowest BCUT2D eigenvalue weighted by molar-refractivity contribution is 0.234. The number of hydrogen-bond donors (Lipinski definition) is 1. The quantitative estimate of drug-likeness (QED) is 0.783. The average molecular weight is 274 g/mol. The standard InChI is InChI=1S/C6H14Br2N2/c1-5(2,9)6(3,4)10(7)8/h9H2,1-4H3. The second kappa shape index (κ2) is 3.09. The zero-order valence-corrected chi connectivity index (χ0v) is 9.95. The van der Waals surface area contributed by atoms with Gasteiger partial charge in [-0.05, 0) is 27.7 Å². The lowest BCUT2D eigenvalue weighted by atomic mass is 9.85. The Hall–Kier alpha value is 0.880. The van der Waals surface area contributed by atoms with Crippen LogP contribution < -0.4 is 5.73 Å². The van der Waals surface area contributed by atoms with Gasteiger partial charge >= 0.3 is 0 Å². The van der Waals surface area contributed by atoms with Gasteiger partial charge in [-0.15, -0.1) is 0 Å². The van der Waals surface area contributed by atoms with Crippen molar-refractivity contribution in [3.05, 3.63) is 0 Å². The maximum Gasteiger partial charge on any atom is 0.0549 e. The van der Waals surface area contributed by atoms with E-state index in [0.717, 1.165) is 0 Å². The molecule has 0 aromatic carbocycles. The Bertz CT molecular complexity index is 115. The van der Waals surface area contributed by atoms with Crippen LogP contribution in [0.3, 0.4) is 0 Å².